The molecule has 7 nitrogen and oxygen atoms in total. The van der Waals surface area contributed by atoms with Gasteiger partial charge in [-0.2, -0.15) is 5.26 Å². The number of H-pyrrole nitrogens is 1. The molecular weight excluding hydrogens is 450 g/mol. The molecule has 0 bridgehead atoms. The van der Waals surface area contributed by atoms with E-state index in [1.807, 2.05) is 28.1 Å². The molecule has 5 rings (SSSR count). The van der Waals surface area contributed by atoms with Gasteiger partial charge in [0.1, 0.15) is 0 Å². The molecule has 1 unspecified atom stereocenters. The molecule has 1 atom stereocenters. The van der Waals surface area contributed by atoms with E-state index < -0.39 is 0 Å². The van der Waals surface area contributed by atoms with Crippen LogP contribution in [0.5, 0.6) is 0 Å². The van der Waals surface area contributed by atoms with E-state index in [4.69, 9.17) is 5.26 Å². The maximum absolute atomic E-state index is 13.2. The van der Waals surface area contributed by atoms with Crippen LogP contribution in [-0.4, -0.2) is 76.8 Å². The Morgan fingerprint density at radius 3 is 2.33 bits per heavy atom. The second-order valence-electron chi connectivity index (χ2n) is 10.2. The minimum atomic E-state index is 0.00878. The number of hydrogen-bond acceptors (Lipinski definition) is 4. The van der Waals surface area contributed by atoms with Gasteiger partial charge in [-0.15, -0.1) is 0 Å². The molecule has 2 aliphatic rings. The zero-order valence-corrected chi connectivity index (χ0v) is 21.0. The summed E-state index contributed by atoms with van der Waals surface area (Å²) in [5.74, 6) is 0.336. The molecule has 0 radical (unpaired) electrons. The molecule has 2 amide bonds. The van der Waals surface area contributed by atoms with Gasteiger partial charge in [0.2, 0.25) is 0 Å². The first kappa shape index (κ1) is 24.1. The lowest BCUT2D eigenvalue weighted by atomic mass is 9.89. The van der Waals surface area contributed by atoms with Crippen LogP contribution in [0.1, 0.15) is 64.4 Å². The zero-order chi connectivity index (χ0) is 25.2. The molecule has 186 valence electrons. The highest BCUT2D eigenvalue weighted by Gasteiger charge is 2.28. The van der Waals surface area contributed by atoms with Crippen LogP contribution >= 0.6 is 0 Å². The zero-order valence-electron chi connectivity index (χ0n) is 21.0. The Balaban J connectivity index is 1.29. The fraction of sp³-hybridized carbons (Fsp3) is 0.414. The number of benzene rings is 2. The third-order valence-corrected chi connectivity index (χ3v) is 7.70. The summed E-state index contributed by atoms with van der Waals surface area (Å²) >= 11 is 0. The summed E-state index contributed by atoms with van der Waals surface area (Å²) in [7, 11) is 0. The third-order valence-electron chi connectivity index (χ3n) is 7.70. The molecular formula is C29H33N5O2. The number of hydrogen-bond donors (Lipinski definition) is 1. The van der Waals surface area contributed by atoms with Gasteiger partial charge < -0.3 is 14.8 Å². The van der Waals surface area contributed by atoms with E-state index in [0.717, 1.165) is 62.0 Å². The van der Waals surface area contributed by atoms with Crippen LogP contribution in [0, 0.1) is 11.3 Å². The van der Waals surface area contributed by atoms with Gasteiger partial charge in [-0.3, -0.25) is 14.5 Å². The van der Waals surface area contributed by atoms with Crippen LogP contribution in [0.2, 0.25) is 0 Å². The summed E-state index contributed by atoms with van der Waals surface area (Å²) in [6.07, 6.45) is 4.00. The van der Waals surface area contributed by atoms with E-state index in [2.05, 4.69) is 35.9 Å². The van der Waals surface area contributed by atoms with Crippen LogP contribution in [0.3, 0.4) is 0 Å². The lowest BCUT2D eigenvalue weighted by Gasteiger charge is -2.37. The van der Waals surface area contributed by atoms with Crippen molar-refractivity contribution in [3.63, 3.8) is 0 Å². The molecule has 7 heteroatoms. The van der Waals surface area contributed by atoms with E-state index in [-0.39, 0.29) is 17.7 Å². The predicted molar refractivity (Wildman–Crippen MR) is 140 cm³/mol. The van der Waals surface area contributed by atoms with Crippen molar-refractivity contribution in [3.05, 3.63) is 70.9 Å². The van der Waals surface area contributed by atoms with E-state index in [1.165, 1.54) is 5.56 Å². The summed E-state index contributed by atoms with van der Waals surface area (Å²) in [5, 5.41) is 10.1. The Morgan fingerprint density at radius 2 is 1.64 bits per heavy atom. The lowest BCUT2D eigenvalue weighted by molar-refractivity contribution is 0.0595. The first-order valence-corrected chi connectivity index (χ1v) is 12.9. The van der Waals surface area contributed by atoms with Crippen molar-refractivity contribution in [2.24, 2.45) is 0 Å². The number of nitrogens with zero attached hydrogens (tertiary/aromatic N) is 4. The molecule has 36 heavy (non-hydrogen) atoms. The summed E-state index contributed by atoms with van der Waals surface area (Å²) in [4.78, 5) is 35.9. The average molecular weight is 484 g/mol. The molecule has 0 spiro atoms. The number of piperazine rings is 1. The van der Waals surface area contributed by atoms with Crippen LogP contribution in [0.4, 0.5) is 0 Å². The molecule has 3 aromatic rings. The number of nitrogens with one attached hydrogen (secondary N) is 1. The monoisotopic (exact) mass is 483 g/mol. The second kappa shape index (κ2) is 10.2. The van der Waals surface area contributed by atoms with Crippen molar-refractivity contribution in [1.29, 1.82) is 5.26 Å². The Morgan fingerprint density at radius 1 is 0.944 bits per heavy atom. The van der Waals surface area contributed by atoms with Gasteiger partial charge in [-0.1, -0.05) is 6.07 Å². The summed E-state index contributed by atoms with van der Waals surface area (Å²) in [6, 6.07) is 15.4. The molecule has 1 N–H and O–H groups in total. The molecule has 2 fully saturated rings. The Kier molecular flexibility index (Phi) is 6.80. The lowest BCUT2D eigenvalue weighted by Crippen LogP contribution is -2.50. The highest BCUT2D eigenvalue weighted by atomic mass is 16.2. The SMILES string of the molecule is CC(C)N1CCN(C(=O)c2ccc3c(C4CCCN(C(=O)c5ccc(C#N)cc5)C4)c[nH]c3c2)CC1. The van der Waals surface area contributed by atoms with Crippen LogP contribution in [0.15, 0.2) is 48.7 Å². The molecule has 2 saturated heterocycles. The Bertz CT molecular complexity index is 1300. The largest absolute Gasteiger partial charge is 0.361 e. The van der Waals surface area contributed by atoms with Crippen molar-refractivity contribution in [2.75, 3.05) is 39.3 Å². The van der Waals surface area contributed by atoms with Crippen LogP contribution in [-0.2, 0) is 0 Å². The second-order valence-corrected chi connectivity index (χ2v) is 10.2. The third kappa shape index (κ3) is 4.74. The number of piperidine rings is 1. The normalized spacial score (nSPS) is 19.0. The Labute approximate surface area is 212 Å². The number of carbonyl (C=O) groups excluding carboxylic acids is 2. The van der Waals surface area contributed by atoms with Crippen LogP contribution in [0.25, 0.3) is 10.9 Å². The fourth-order valence-electron chi connectivity index (χ4n) is 5.53. The summed E-state index contributed by atoms with van der Waals surface area (Å²) < 4.78 is 0. The van der Waals surface area contributed by atoms with Crippen molar-refractivity contribution in [3.8, 4) is 6.07 Å². The standard InChI is InChI=1S/C29H33N5O2/c1-20(2)32-12-14-33(15-13-32)29(36)23-9-10-25-26(18-31-27(25)16-23)24-4-3-11-34(19-24)28(35)22-7-5-21(17-30)6-8-22/h5-10,16,18,20,24,31H,3-4,11-15,19H2,1-2H3. The predicted octanol–water partition coefficient (Wildman–Crippen LogP) is 4.23. The fourth-order valence-corrected chi connectivity index (χ4v) is 5.53. The van der Waals surface area contributed by atoms with Gasteiger partial charge >= 0.3 is 0 Å². The van der Waals surface area contributed by atoms with Gasteiger partial charge in [-0.05, 0) is 68.7 Å². The van der Waals surface area contributed by atoms with E-state index in [9.17, 15) is 9.59 Å². The minimum absolute atomic E-state index is 0.00878. The molecule has 3 heterocycles. The number of amides is 2. The maximum atomic E-state index is 13.2. The maximum Gasteiger partial charge on any atom is 0.254 e. The Hall–Kier alpha value is -3.63. The van der Waals surface area contributed by atoms with Crippen molar-refractivity contribution >= 4 is 22.7 Å². The number of likely N-dealkylation sites (tertiary alicyclic amines) is 1. The summed E-state index contributed by atoms with van der Waals surface area (Å²) in [5.41, 5.74) is 4.05. The van der Waals surface area contributed by atoms with Gasteiger partial charge in [0.05, 0.1) is 11.6 Å². The highest BCUT2D eigenvalue weighted by Crippen LogP contribution is 2.33. The minimum Gasteiger partial charge on any atom is -0.361 e. The number of aromatic nitrogens is 1. The summed E-state index contributed by atoms with van der Waals surface area (Å²) in [6.45, 7) is 9.14. The van der Waals surface area contributed by atoms with Crippen molar-refractivity contribution < 1.29 is 9.59 Å². The van der Waals surface area contributed by atoms with Gasteiger partial charge in [0, 0.05) is 79.5 Å². The van der Waals surface area contributed by atoms with Gasteiger partial charge in [0.15, 0.2) is 0 Å². The van der Waals surface area contributed by atoms with Gasteiger partial charge in [-0.25, -0.2) is 0 Å². The number of aromatic amines is 1. The topological polar surface area (TPSA) is 83.4 Å². The quantitative estimate of drug-likeness (QED) is 0.602. The highest BCUT2D eigenvalue weighted by molar-refractivity contribution is 5.99. The molecule has 2 aromatic carbocycles. The average Bonchev–Trinajstić information content (AvgIpc) is 3.36. The van der Waals surface area contributed by atoms with Crippen molar-refractivity contribution in [1.82, 2.24) is 19.7 Å². The first-order valence-electron chi connectivity index (χ1n) is 12.9. The van der Waals surface area contributed by atoms with Crippen molar-refractivity contribution in [2.45, 2.75) is 38.6 Å². The number of rotatable bonds is 4. The van der Waals surface area contributed by atoms with E-state index in [1.54, 1.807) is 24.3 Å². The molecule has 0 aliphatic carbocycles. The molecule has 2 aliphatic heterocycles. The smallest absolute Gasteiger partial charge is 0.254 e. The van der Waals surface area contributed by atoms with E-state index >= 15 is 0 Å². The number of carbonyl (C=O) groups is 2. The van der Waals surface area contributed by atoms with E-state index in [0.29, 0.717) is 23.7 Å². The molecule has 0 saturated carbocycles. The van der Waals surface area contributed by atoms with Gasteiger partial charge in [0.25, 0.3) is 11.8 Å². The number of fused-ring (bicyclic) bond motifs is 1. The first-order chi connectivity index (χ1) is 17.4. The molecule has 1 aromatic heterocycles. The number of nitriles is 1. The van der Waals surface area contributed by atoms with Crippen LogP contribution < -0.4 is 0 Å².